The van der Waals surface area contributed by atoms with E-state index in [1.54, 1.807) is 4.72 Å². The summed E-state index contributed by atoms with van der Waals surface area (Å²) < 4.78 is 60.1. The minimum atomic E-state index is -5.25. The Morgan fingerprint density at radius 2 is 2.13 bits per heavy atom. The Morgan fingerprint density at radius 3 is 2.87 bits per heavy atom. The summed E-state index contributed by atoms with van der Waals surface area (Å²) in [6.45, 7) is 2.81. The van der Waals surface area contributed by atoms with Gasteiger partial charge >= 0.3 is 15.5 Å². The van der Waals surface area contributed by atoms with E-state index in [1.165, 1.54) is 0 Å². The van der Waals surface area contributed by atoms with Gasteiger partial charge < -0.3 is 10.2 Å². The number of piperazine rings is 1. The fourth-order valence-electron chi connectivity index (χ4n) is 3.28. The monoisotopic (exact) mass is 352 g/mol. The summed E-state index contributed by atoms with van der Waals surface area (Å²) in [7, 11) is -5.23. The highest BCUT2D eigenvalue weighted by Gasteiger charge is 2.45. The molecule has 3 heterocycles. The summed E-state index contributed by atoms with van der Waals surface area (Å²) in [4.78, 5) is 4.51. The molecule has 2 N–H and O–H groups in total. The minimum Gasteiger partial charge on any atom is -0.370 e. The second kappa shape index (κ2) is 5.99. The Labute approximate surface area is 133 Å². The molecule has 3 aliphatic rings. The Bertz CT molecular complexity index is 617. The zero-order valence-electron chi connectivity index (χ0n) is 12.4. The van der Waals surface area contributed by atoms with Crippen molar-refractivity contribution in [2.24, 2.45) is 0 Å². The molecule has 3 rings (SSSR count). The lowest BCUT2D eigenvalue weighted by molar-refractivity contribution is -0.0447. The topological polar surface area (TPSA) is 64.7 Å². The number of halogens is 3. The molecule has 10 heteroatoms. The van der Waals surface area contributed by atoms with Gasteiger partial charge in [0, 0.05) is 26.2 Å². The van der Waals surface area contributed by atoms with Crippen LogP contribution in [0, 0.1) is 0 Å². The molecule has 23 heavy (non-hydrogen) atoms. The lowest BCUT2D eigenvalue weighted by Gasteiger charge is -2.44. The molecule has 2 saturated heterocycles. The summed E-state index contributed by atoms with van der Waals surface area (Å²) in [6.07, 6.45) is 6.50. The summed E-state index contributed by atoms with van der Waals surface area (Å²) in [5.74, 6) is 1.13. The molecule has 2 atom stereocenters. The standard InChI is InChI=1S/C13H19F3N4O2S/c14-13(15,16)23(21,22)18-5-2-6-19-8-10-3-1-4-12-17-7-11(9-19)20(10)12/h1,3-4,10-11,17-18H,2,5-9H2. The molecule has 0 aromatic heterocycles. The third kappa shape index (κ3) is 3.33. The first-order chi connectivity index (χ1) is 10.8. The van der Waals surface area contributed by atoms with E-state index in [2.05, 4.69) is 21.2 Å². The highest BCUT2D eigenvalue weighted by molar-refractivity contribution is 7.90. The largest absolute Gasteiger partial charge is 0.511 e. The number of nitrogens with one attached hydrogen (secondary N) is 2. The molecule has 0 bridgehead atoms. The predicted octanol–water partition coefficient (Wildman–Crippen LogP) is 0.185. The van der Waals surface area contributed by atoms with Crippen LogP contribution in [0.5, 0.6) is 0 Å². The minimum absolute atomic E-state index is 0.212. The lowest BCUT2D eigenvalue weighted by Crippen LogP contribution is -2.56. The maximum Gasteiger partial charge on any atom is 0.511 e. The highest BCUT2D eigenvalue weighted by Crippen LogP contribution is 2.27. The number of sulfonamides is 1. The van der Waals surface area contributed by atoms with Crippen molar-refractivity contribution in [3.8, 4) is 0 Å². The van der Waals surface area contributed by atoms with Crippen LogP contribution >= 0.6 is 0 Å². The van der Waals surface area contributed by atoms with Crippen molar-refractivity contribution in [1.29, 1.82) is 0 Å². The van der Waals surface area contributed by atoms with Crippen molar-refractivity contribution in [3.05, 3.63) is 24.0 Å². The number of nitrogens with zero attached hydrogens (tertiary/aromatic N) is 2. The molecule has 0 saturated carbocycles. The van der Waals surface area contributed by atoms with Crippen molar-refractivity contribution in [2.75, 3.05) is 32.7 Å². The predicted molar refractivity (Wildman–Crippen MR) is 78.7 cm³/mol. The molecule has 0 radical (unpaired) electrons. The Morgan fingerprint density at radius 1 is 1.35 bits per heavy atom. The van der Waals surface area contributed by atoms with E-state index in [0.717, 1.165) is 25.5 Å². The van der Waals surface area contributed by atoms with E-state index >= 15 is 0 Å². The summed E-state index contributed by atoms with van der Waals surface area (Å²) in [5, 5.41) is 3.35. The van der Waals surface area contributed by atoms with Crippen LogP contribution in [0.3, 0.4) is 0 Å². The quantitative estimate of drug-likeness (QED) is 0.692. The second-order valence-electron chi connectivity index (χ2n) is 5.90. The van der Waals surface area contributed by atoms with Crippen LogP contribution in [0.25, 0.3) is 0 Å². The average molecular weight is 352 g/mol. The van der Waals surface area contributed by atoms with Gasteiger partial charge in [-0.1, -0.05) is 12.2 Å². The van der Waals surface area contributed by atoms with E-state index in [4.69, 9.17) is 0 Å². The molecule has 6 nitrogen and oxygen atoms in total. The zero-order valence-corrected chi connectivity index (χ0v) is 13.2. The molecule has 0 aliphatic carbocycles. The molecule has 2 unspecified atom stereocenters. The van der Waals surface area contributed by atoms with E-state index in [9.17, 15) is 21.6 Å². The van der Waals surface area contributed by atoms with Crippen LogP contribution in [-0.2, 0) is 10.0 Å². The van der Waals surface area contributed by atoms with Crippen LogP contribution in [-0.4, -0.2) is 68.5 Å². The van der Waals surface area contributed by atoms with Gasteiger partial charge in [0.05, 0.1) is 12.1 Å². The first-order valence-electron chi connectivity index (χ1n) is 7.47. The van der Waals surface area contributed by atoms with Crippen molar-refractivity contribution < 1.29 is 21.6 Å². The number of hydrogen-bond donors (Lipinski definition) is 2. The van der Waals surface area contributed by atoms with Crippen LogP contribution < -0.4 is 10.0 Å². The van der Waals surface area contributed by atoms with Gasteiger partial charge in [-0.05, 0) is 19.0 Å². The van der Waals surface area contributed by atoms with E-state index in [-0.39, 0.29) is 12.6 Å². The molecule has 3 aliphatic heterocycles. The molecule has 130 valence electrons. The number of allylic oxidation sites excluding steroid dienone is 2. The summed E-state index contributed by atoms with van der Waals surface area (Å²) in [6, 6.07) is 0.604. The Kier molecular flexibility index (Phi) is 4.32. The average Bonchev–Trinajstić information content (AvgIpc) is 2.88. The molecular formula is C13H19F3N4O2S. The van der Waals surface area contributed by atoms with Gasteiger partial charge in [0.25, 0.3) is 0 Å². The molecule has 0 spiro atoms. The molecular weight excluding hydrogens is 333 g/mol. The third-order valence-corrected chi connectivity index (χ3v) is 5.49. The van der Waals surface area contributed by atoms with Gasteiger partial charge in [-0.2, -0.15) is 13.2 Å². The van der Waals surface area contributed by atoms with Crippen molar-refractivity contribution in [1.82, 2.24) is 19.8 Å². The van der Waals surface area contributed by atoms with Crippen molar-refractivity contribution >= 4 is 10.0 Å². The fraction of sp³-hybridized carbons (Fsp3) is 0.692. The third-order valence-electron chi connectivity index (χ3n) is 4.30. The number of rotatable bonds is 5. The Balaban J connectivity index is 1.47. The molecule has 0 aromatic carbocycles. The van der Waals surface area contributed by atoms with Gasteiger partial charge in [-0.15, -0.1) is 0 Å². The van der Waals surface area contributed by atoms with Crippen LogP contribution in [0.2, 0.25) is 0 Å². The van der Waals surface area contributed by atoms with Crippen molar-refractivity contribution in [3.63, 3.8) is 0 Å². The lowest BCUT2D eigenvalue weighted by atomic mass is 10.0. The smallest absolute Gasteiger partial charge is 0.370 e. The zero-order chi connectivity index (χ0) is 16.7. The van der Waals surface area contributed by atoms with Gasteiger partial charge in [0.1, 0.15) is 5.82 Å². The number of alkyl halides is 3. The second-order valence-corrected chi connectivity index (χ2v) is 7.66. The first-order valence-corrected chi connectivity index (χ1v) is 8.95. The van der Waals surface area contributed by atoms with Gasteiger partial charge in [-0.25, -0.2) is 13.1 Å². The van der Waals surface area contributed by atoms with Crippen LogP contribution in [0.1, 0.15) is 6.42 Å². The molecule has 0 aromatic rings. The summed E-state index contributed by atoms with van der Waals surface area (Å²) in [5.41, 5.74) is -5.25. The Hall–Kier alpha value is -1.26. The van der Waals surface area contributed by atoms with Gasteiger partial charge in [0.15, 0.2) is 0 Å². The van der Waals surface area contributed by atoms with Gasteiger partial charge in [-0.3, -0.25) is 4.90 Å². The SMILES string of the molecule is O=S(=O)(NCCCN1CC2C=CC=C3NCC(C1)N32)C(F)(F)F. The highest BCUT2D eigenvalue weighted by atomic mass is 32.2. The molecule has 0 amide bonds. The van der Waals surface area contributed by atoms with E-state index in [0.29, 0.717) is 19.0 Å². The maximum atomic E-state index is 12.2. The normalized spacial score (nSPS) is 27.6. The van der Waals surface area contributed by atoms with Crippen LogP contribution in [0.4, 0.5) is 13.2 Å². The summed E-state index contributed by atoms with van der Waals surface area (Å²) >= 11 is 0. The fourth-order valence-corrected chi connectivity index (χ4v) is 3.86. The number of hydrogen-bond acceptors (Lipinski definition) is 5. The van der Waals surface area contributed by atoms with Crippen molar-refractivity contribution in [2.45, 2.75) is 24.0 Å². The van der Waals surface area contributed by atoms with Crippen LogP contribution in [0.15, 0.2) is 24.0 Å². The van der Waals surface area contributed by atoms with E-state index < -0.39 is 15.5 Å². The molecule has 2 fully saturated rings. The van der Waals surface area contributed by atoms with E-state index in [1.807, 2.05) is 12.2 Å². The maximum absolute atomic E-state index is 12.2. The first kappa shape index (κ1) is 16.6. The van der Waals surface area contributed by atoms with Gasteiger partial charge in [0.2, 0.25) is 0 Å².